The molecule has 0 bridgehead atoms. The number of hydrogen-bond donors (Lipinski definition) is 0. The van der Waals surface area contributed by atoms with E-state index in [1.165, 1.54) is 11.1 Å². The maximum absolute atomic E-state index is 7.75. The van der Waals surface area contributed by atoms with Gasteiger partial charge in [-0.3, -0.25) is 13.6 Å². The molecule has 2 rings (SSSR count). The zero-order valence-electron chi connectivity index (χ0n) is 14.0. The van der Waals surface area contributed by atoms with Crippen molar-refractivity contribution in [1.29, 1.82) is 0 Å². The van der Waals surface area contributed by atoms with Gasteiger partial charge < -0.3 is 9.59 Å². The zero-order chi connectivity index (χ0) is 20.8. The summed E-state index contributed by atoms with van der Waals surface area (Å²) < 4.78 is 30.0. The van der Waals surface area contributed by atoms with Crippen molar-refractivity contribution in [2.24, 2.45) is 0 Å². The van der Waals surface area contributed by atoms with Crippen molar-refractivity contribution in [2.45, 2.75) is 13.8 Å². The predicted molar refractivity (Wildman–Crippen MR) is 82.8 cm³/mol. The molecule has 137 valence electrons. The van der Waals surface area contributed by atoms with Crippen molar-refractivity contribution in [3.63, 3.8) is 0 Å². The summed E-state index contributed by atoms with van der Waals surface area (Å²) in [7, 11) is 0. The molecule has 0 fully saturated rings. The Morgan fingerprint density at radius 2 is 0.885 bits per heavy atom. The number of aryl methyl sites for hydroxylation is 2. The Balaban J connectivity index is -0.0000000255. The van der Waals surface area contributed by atoms with E-state index in [1.54, 1.807) is 0 Å². The van der Waals surface area contributed by atoms with E-state index in [9.17, 15) is 0 Å². The summed E-state index contributed by atoms with van der Waals surface area (Å²) in [5, 5.41) is 0. The van der Waals surface area contributed by atoms with Crippen molar-refractivity contribution < 1.29 is 70.3 Å². The van der Waals surface area contributed by atoms with Crippen LogP contribution in [0.25, 0.3) is 0 Å². The first-order chi connectivity index (χ1) is 11.8. The first-order valence-electron chi connectivity index (χ1n) is 5.44. The molecule has 8 heteroatoms. The molecule has 1 radical (unpaired) electrons. The van der Waals surface area contributed by atoms with Crippen LogP contribution in [0.4, 0.5) is 0 Å². The molecule has 0 aliphatic heterocycles. The molecule has 0 heterocycles. The van der Waals surface area contributed by atoms with Crippen LogP contribution in [0.3, 0.4) is 0 Å². The van der Waals surface area contributed by atoms with Gasteiger partial charge in [0.05, 0.1) is 0 Å². The molecular formula is C18H16Mo2O6-. The van der Waals surface area contributed by atoms with Crippen LogP contribution >= 0.6 is 0 Å². The average Bonchev–Trinajstić information content (AvgIpc) is 3.39. The molecule has 0 spiro atoms. The third-order valence-electron chi connectivity index (χ3n) is 1.66. The van der Waals surface area contributed by atoms with Crippen LogP contribution in [0, 0.1) is 40.4 Å². The summed E-state index contributed by atoms with van der Waals surface area (Å²) in [6.45, 7) is 28.7. The largest absolute Gasteiger partial charge is 3.00 e. The number of carbonyl (C=O) groups excluding carboxylic acids is 2. The Morgan fingerprint density at radius 3 is 0.923 bits per heavy atom. The van der Waals surface area contributed by atoms with Crippen LogP contribution in [-0.2, 0) is 70.3 Å². The molecule has 2 aromatic carbocycles. The average molecular weight is 520 g/mol. The van der Waals surface area contributed by atoms with E-state index in [1.807, 2.05) is 24.3 Å². The minimum Gasteiger partial charge on any atom is -0.545 e. The third kappa shape index (κ3) is 66.8. The second-order valence-electron chi connectivity index (χ2n) is 2.92. The van der Waals surface area contributed by atoms with Gasteiger partial charge in [-0.25, -0.2) is 24.3 Å². The standard InChI is InChI=1S/2C6H7.2CHO.4CO.2Mo/c2*1-6-4-2-3-5-6;6*1-2;;/h2*2-5H,1H3;2*1H;;;;;;/q4*-1;;;;;;+3. The van der Waals surface area contributed by atoms with Gasteiger partial charge in [0, 0.05) is 21.1 Å². The maximum Gasteiger partial charge on any atom is 3.00 e. The van der Waals surface area contributed by atoms with E-state index >= 15 is 0 Å². The van der Waals surface area contributed by atoms with Crippen LogP contribution in [0.2, 0.25) is 0 Å². The van der Waals surface area contributed by atoms with Crippen LogP contribution in [0.15, 0.2) is 48.5 Å². The van der Waals surface area contributed by atoms with Crippen molar-refractivity contribution in [3.8, 4) is 0 Å². The van der Waals surface area contributed by atoms with Gasteiger partial charge in [-0.15, -0.1) is 0 Å². The molecule has 0 unspecified atom stereocenters. The molecule has 0 atom stereocenters. The fraction of sp³-hybridized carbons (Fsp3) is 0.111. The Labute approximate surface area is 183 Å². The van der Waals surface area contributed by atoms with E-state index in [2.05, 4.69) is 78.3 Å². The van der Waals surface area contributed by atoms with Crippen LogP contribution in [0.1, 0.15) is 11.1 Å². The first-order valence-corrected chi connectivity index (χ1v) is 5.44. The van der Waals surface area contributed by atoms with Crippen molar-refractivity contribution in [2.75, 3.05) is 0 Å². The molecular weight excluding hydrogens is 504 g/mol. The fourth-order valence-corrected chi connectivity index (χ4v) is 0.940. The SMILES string of the molecule is Cc1ccc[cH-]1.Cc1ccc[cH-]1.[C-]#[O+].[C-]#[O+].[C-]#[O+].[C-]#[O+].[CH-]=O.[CH-]=O.[Mo+3].[Mo]. The van der Waals surface area contributed by atoms with E-state index in [4.69, 9.17) is 28.2 Å². The molecule has 2 aromatic rings. The molecule has 6 nitrogen and oxygen atoms in total. The predicted octanol–water partition coefficient (Wildman–Crippen LogP) is 2.72. The fourth-order valence-electron chi connectivity index (χ4n) is 0.940. The maximum atomic E-state index is 7.75. The molecule has 0 saturated heterocycles. The molecule has 0 aliphatic carbocycles. The summed E-state index contributed by atoms with van der Waals surface area (Å²) in [5.41, 5.74) is 2.69. The quantitative estimate of drug-likeness (QED) is 0.230. The normalized spacial score (nSPS) is 4.69. The number of hydrogen-bond acceptors (Lipinski definition) is 2. The Bertz CT molecular complexity index is 412. The molecule has 26 heavy (non-hydrogen) atoms. The van der Waals surface area contributed by atoms with Crippen molar-refractivity contribution >= 4 is 13.6 Å². The minimum atomic E-state index is 0. The van der Waals surface area contributed by atoms with Gasteiger partial charge in [-0.05, 0) is 0 Å². The van der Waals surface area contributed by atoms with E-state index in [0.717, 1.165) is 0 Å². The smallest absolute Gasteiger partial charge is 0.545 e. The molecule has 0 saturated carbocycles. The van der Waals surface area contributed by atoms with Gasteiger partial charge in [-0.1, -0.05) is 13.8 Å². The summed E-state index contributed by atoms with van der Waals surface area (Å²) in [5.74, 6) is 0. The van der Waals surface area contributed by atoms with Gasteiger partial charge in [0.2, 0.25) is 0 Å². The molecule has 0 amide bonds. The molecule has 0 N–H and O–H groups in total. The van der Waals surface area contributed by atoms with Gasteiger partial charge >= 0.3 is 66.3 Å². The van der Waals surface area contributed by atoms with Gasteiger partial charge in [0.15, 0.2) is 0 Å². The second-order valence-corrected chi connectivity index (χ2v) is 2.92. The minimum absolute atomic E-state index is 0. The summed E-state index contributed by atoms with van der Waals surface area (Å²) >= 11 is 0. The van der Waals surface area contributed by atoms with Crippen molar-refractivity contribution in [3.05, 3.63) is 86.3 Å². The van der Waals surface area contributed by atoms with Crippen molar-refractivity contribution in [1.82, 2.24) is 0 Å². The second kappa shape index (κ2) is 76.4. The Kier molecular flexibility index (Phi) is 146. The van der Waals surface area contributed by atoms with E-state index in [-0.39, 0.29) is 42.1 Å². The summed E-state index contributed by atoms with van der Waals surface area (Å²) in [6.07, 6.45) is 0. The third-order valence-corrected chi connectivity index (χ3v) is 1.66. The van der Waals surface area contributed by atoms with Crippen LogP contribution in [-0.4, -0.2) is 13.6 Å². The Hall–Kier alpha value is -1.62. The van der Waals surface area contributed by atoms with E-state index < -0.39 is 0 Å². The van der Waals surface area contributed by atoms with Gasteiger partial charge in [0.1, 0.15) is 0 Å². The topological polar surface area (TPSA) is 114 Å². The van der Waals surface area contributed by atoms with Gasteiger partial charge in [-0.2, -0.15) is 35.4 Å². The van der Waals surface area contributed by atoms with Gasteiger partial charge in [0.25, 0.3) is 0 Å². The summed E-state index contributed by atoms with van der Waals surface area (Å²) in [6, 6.07) is 16.5. The Morgan fingerprint density at radius 1 is 0.692 bits per heavy atom. The van der Waals surface area contributed by atoms with E-state index in [0.29, 0.717) is 0 Å². The molecule has 0 aromatic heterocycles. The molecule has 0 aliphatic rings. The number of rotatable bonds is 0. The monoisotopic (exact) mass is 524 g/mol. The van der Waals surface area contributed by atoms with Crippen LogP contribution < -0.4 is 0 Å². The first kappa shape index (κ1) is 49.7. The zero-order valence-corrected chi connectivity index (χ0v) is 18.1. The van der Waals surface area contributed by atoms with Crippen LogP contribution in [0.5, 0.6) is 0 Å². The summed E-state index contributed by atoms with van der Waals surface area (Å²) in [4.78, 5) is 15.5.